The fraction of sp³-hybridized carbons (Fsp3) is 0.400. The minimum atomic E-state index is 0.732. The van der Waals surface area contributed by atoms with Gasteiger partial charge in [-0.25, -0.2) is 0 Å². The second kappa shape index (κ2) is 8.00. The summed E-state index contributed by atoms with van der Waals surface area (Å²) in [5.41, 5.74) is 2.71. The fourth-order valence-corrected chi connectivity index (χ4v) is 3.00. The molecule has 0 aromatic heterocycles. The molecule has 0 spiro atoms. The standard InChI is InChI=1S/C20H25NO/c1-3-7-18(8-4-1)13-16-22-20-11-9-19(10-12-20)17-21-14-5-2-6-15-21/h1,3-4,7-12H,2,5-6,13-17H2. The first-order valence-electron chi connectivity index (χ1n) is 8.38. The predicted octanol–water partition coefficient (Wildman–Crippen LogP) is 4.29. The van der Waals surface area contributed by atoms with Gasteiger partial charge >= 0.3 is 0 Å². The third kappa shape index (κ3) is 4.60. The van der Waals surface area contributed by atoms with Crippen LogP contribution in [0, 0.1) is 0 Å². The van der Waals surface area contributed by atoms with Crippen molar-refractivity contribution < 1.29 is 4.74 Å². The largest absolute Gasteiger partial charge is 0.493 e. The summed E-state index contributed by atoms with van der Waals surface area (Å²) in [6, 6.07) is 19.1. The molecule has 0 saturated carbocycles. The van der Waals surface area contributed by atoms with E-state index in [-0.39, 0.29) is 0 Å². The lowest BCUT2D eigenvalue weighted by atomic mass is 10.1. The number of benzene rings is 2. The van der Waals surface area contributed by atoms with Crippen LogP contribution in [0.25, 0.3) is 0 Å². The molecule has 1 aliphatic heterocycles. The van der Waals surface area contributed by atoms with Crippen LogP contribution in [0.3, 0.4) is 0 Å². The summed E-state index contributed by atoms with van der Waals surface area (Å²) in [6.07, 6.45) is 5.04. The number of likely N-dealkylation sites (tertiary alicyclic amines) is 1. The van der Waals surface area contributed by atoms with E-state index in [4.69, 9.17) is 4.74 Å². The Morgan fingerprint density at radius 1 is 0.773 bits per heavy atom. The second-order valence-corrected chi connectivity index (χ2v) is 6.06. The van der Waals surface area contributed by atoms with Gasteiger partial charge in [-0.1, -0.05) is 48.9 Å². The molecule has 0 atom stereocenters. The van der Waals surface area contributed by atoms with Gasteiger partial charge in [-0.15, -0.1) is 0 Å². The molecule has 2 aromatic carbocycles. The molecule has 3 rings (SSSR count). The Hall–Kier alpha value is -1.80. The number of hydrogen-bond donors (Lipinski definition) is 0. The molecule has 2 aromatic rings. The van der Waals surface area contributed by atoms with Gasteiger partial charge in [0.25, 0.3) is 0 Å². The third-order valence-corrected chi connectivity index (χ3v) is 4.28. The maximum atomic E-state index is 5.84. The molecule has 1 saturated heterocycles. The number of rotatable bonds is 6. The van der Waals surface area contributed by atoms with E-state index in [2.05, 4.69) is 53.4 Å². The first-order valence-corrected chi connectivity index (χ1v) is 8.38. The molecule has 0 radical (unpaired) electrons. The monoisotopic (exact) mass is 295 g/mol. The van der Waals surface area contributed by atoms with Crippen LogP contribution in [-0.4, -0.2) is 24.6 Å². The summed E-state index contributed by atoms with van der Waals surface area (Å²) in [5, 5.41) is 0. The van der Waals surface area contributed by atoms with E-state index < -0.39 is 0 Å². The van der Waals surface area contributed by atoms with Crippen molar-refractivity contribution in [2.45, 2.75) is 32.2 Å². The maximum Gasteiger partial charge on any atom is 0.119 e. The van der Waals surface area contributed by atoms with Crippen molar-refractivity contribution in [1.82, 2.24) is 4.90 Å². The van der Waals surface area contributed by atoms with Crippen LogP contribution < -0.4 is 4.74 Å². The second-order valence-electron chi connectivity index (χ2n) is 6.06. The molecule has 0 unspecified atom stereocenters. The number of ether oxygens (including phenoxy) is 1. The van der Waals surface area contributed by atoms with Crippen molar-refractivity contribution in [3.63, 3.8) is 0 Å². The van der Waals surface area contributed by atoms with Crippen molar-refractivity contribution in [3.8, 4) is 5.75 Å². The summed E-state index contributed by atoms with van der Waals surface area (Å²) in [4.78, 5) is 2.55. The van der Waals surface area contributed by atoms with Gasteiger partial charge in [0, 0.05) is 13.0 Å². The van der Waals surface area contributed by atoms with E-state index in [0.717, 1.165) is 25.3 Å². The first kappa shape index (κ1) is 15.1. The molecular formula is C20H25NO. The molecule has 1 heterocycles. The van der Waals surface area contributed by atoms with Crippen LogP contribution in [0.15, 0.2) is 54.6 Å². The Labute approximate surface area is 133 Å². The molecule has 0 amide bonds. The summed E-state index contributed by atoms with van der Waals surface area (Å²) in [7, 11) is 0. The number of nitrogens with zero attached hydrogens (tertiary/aromatic N) is 1. The van der Waals surface area contributed by atoms with Crippen LogP contribution in [0.4, 0.5) is 0 Å². The molecule has 2 nitrogen and oxygen atoms in total. The Morgan fingerprint density at radius 3 is 2.23 bits per heavy atom. The quantitative estimate of drug-likeness (QED) is 0.788. The molecule has 2 heteroatoms. The average molecular weight is 295 g/mol. The Balaban J connectivity index is 1.44. The zero-order valence-corrected chi connectivity index (χ0v) is 13.2. The van der Waals surface area contributed by atoms with Gasteiger partial charge in [0.1, 0.15) is 5.75 Å². The van der Waals surface area contributed by atoms with Gasteiger partial charge in [-0.05, 0) is 49.2 Å². The van der Waals surface area contributed by atoms with E-state index >= 15 is 0 Å². The van der Waals surface area contributed by atoms with E-state index in [9.17, 15) is 0 Å². The van der Waals surface area contributed by atoms with Gasteiger partial charge in [-0.3, -0.25) is 4.90 Å². The zero-order chi connectivity index (χ0) is 15.0. The highest BCUT2D eigenvalue weighted by molar-refractivity contribution is 5.27. The van der Waals surface area contributed by atoms with E-state index in [1.807, 2.05) is 6.07 Å². The Morgan fingerprint density at radius 2 is 1.50 bits per heavy atom. The Kier molecular flexibility index (Phi) is 5.49. The third-order valence-electron chi connectivity index (χ3n) is 4.28. The topological polar surface area (TPSA) is 12.5 Å². The lowest BCUT2D eigenvalue weighted by Gasteiger charge is -2.26. The lowest BCUT2D eigenvalue weighted by Crippen LogP contribution is -2.28. The summed E-state index contributed by atoms with van der Waals surface area (Å²) in [6.45, 7) is 4.30. The van der Waals surface area contributed by atoms with Crippen molar-refractivity contribution in [2.75, 3.05) is 19.7 Å². The van der Waals surface area contributed by atoms with Crippen molar-refractivity contribution in [3.05, 3.63) is 65.7 Å². The van der Waals surface area contributed by atoms with Crippen LogP contribution in [-0.2, 0) is 13.0 Å². The lowest BCUT2D eigenvalue weighted by molar-refractivity contribution is 0.221. The van der Waals surface area contributed by atoms with Crippen LogP contribution >= 0.6 is 0 Å². The maximum absolute atomic E-state index is 5.84. The average Bonchev–Trinajstić information content (AvgIpc) is 2.58. The highest BCUT2D eigenvalue weighted by atomic mass is 16.5. The molecule has 116 valence electrons. The smallest absolute Gasteiger partial charge is 0.119 e. The van der Waals surface area contributed by atoms with Gasteiger partial charge in [0.05, 0.1) is 6.61 Å². The minimum absolute atomic E-state index is 0.732. The van der Waals surface area contributed by atoms with Crippen molar-refractivity contribution >= 4 is 0 Å². The highest BCUT2D eigenvalue weighted by Crippen LogP contribution is 2.16. The highest BCUT2D eigenvalue weighted by Gasteiger charge is 2.10. The predicted molar refractivity (Wildman–Crippen MR) is 91.2 cm³/mol. The summed E-state index contributed by atoms with van der Waals surface area (Å²) < 4.78 is 5.84. The van der Waals surface area contributed by atoms with Gasteiger partial charge in [0.15, 0.2) is 0 Å². The van der Waals surface area contributed by atoms with Crippen LogP contribution in [0.2, 0.25) is 0 Å². The molecule has 1 fully saturated rings. The fourth-order valence-electron chi connectivity index (χ4n) is 3.00. The van der Waals surface area contributed by atoms with Crippen LogP contribution in [0.5, 0.6) is 5.75 Å². The zero-order valence-electron chi connectivity index (χ0n) is 13.2. The van der Waals surface area contributed by atoms with E-state index in [0.29, 0.717) is 0 Å². The molecule has 0 aliphatic carbocycles. The minimum Gasteiger partial charge on any atom is -0.493 e. The number of hydrogen-bond acceptors (Lipinski definition) is 2. The molecule has 0 N–H and O–H groups in total. The molecule has 0 bridgehead atoms. The summed E-state index contributed by atoms with van der Waals surface area (Å²) >= 11 is 0. The first-order chi connectivity index (χ1) is 10.9. The van der Waals surface area contributed by atoms with Gasteiger partial charge in [0.2, 0.25) is 0 Å². The van der Waals surface area contributed by atoms with Gasteiger partial charge < -0.3 is 4.74 Å². The normalized spacial score (nSPS) is 15.6. The van der Waals surface area contributed by atoms with E-state index in [1.54, 1.807) is 0 Å². The van der Waals surface area contributed by atoms with E-state index in [1.165, 1.54) is 43.5 Å². The molecule has 22 heavy (non-hydrogen) atoms. The van der Waals surface area contributed by atoms with Crippen molar-refractivity contribution in [2.24, 2.45) is 0 Å². The SMILES string of the molecule is c1ccc(CCOc2ccc(CN3CCCCC3)cc2)cc1. The van der Waals surface area contributed by atoms with Crippen LogP contribution in [0.1, 0.15) is 30.4 Å². The Bertz CT molecular complexity index is 544. The summed E-state index contributed by atoms with van der Waals surface area (Å²) in [5.74, 6) is 0.971. The van der Waals surface area contributed by atoms with Crippen molar-refractivity contribution in [1.29, 1.82) is 0 Å². The molecular weight excluding hydrogens is 270 g/mol. The molecule has 1 aliphatic rings. The number of piperidine rings is 1. The van der Waals surface area contributed by atoms with Gasteiger partial charge in [-0.2, -0.15) is 0 Å².